The Hall–Kier alpha value is -4.66. The fourth-order valence-electron chi connectivity index (χ4n) is 6.93. The second-order valence-corrected chi connectivity index (χ2v) is 12.8. The van der Waals surface area contributed by atoms with Crippen molar-refractivity contribution >= 4 is 23.1 Å². The van der Waals surface area contributed by atoms with Gasteiger partial charge in [0.1, 0.15) is 11.5 Å². The molecule has 3 heterocycles. The molecule has 48 heavy (non-hydrogen) atoms. The Balaban J connectivity index is 0.000000170. The van der Waals surface area contributed by atoms with Crippen LogP contribution in [0.5, 0.6) is 11.5 Å². The molecule has 3 aliphatic heterocycles. The van der Waals surface area contributed by atoms with Crippen LogP contribution in [0.2, 0.25) is 0 Å². The number of fused-ring (bicyclic) bond motifs is 1. The number of methoxy groups -OCH3 is 2. The second kappa shape index (κ2) is 16.0. The molecule has 2 fully saturated rings. The molecule has 2 saturated heterocycles. The number of benzene rings is 4. The molecule has 4 aromatic rings. The van der Waals surface area contributed by atoms with Crippen molar-refractivity contribution in [2.75, 3.05) is 50.6 Å². The number of hydrogen-bond acceptors (Lipinski definition) is 7. The first-order valence-corrected chi connectivity index (χ1v) is 17.0. The fraction of sp³-hybridized carbons (Fsp3) is 0.350. The fourth-order valence-corrected chi connectivity index (χ4v) is 6.93. The van der Waals surface area contributed by atoms with Crippen LogP contribution >= 0.6 is 0 Å². The zero-order valence-electron chi connectivity index (χ0n) is 28.0. The molecule has 8 heteroatoms. The molecule has 7 rings (SSSR count). The SMILES string of the molecule is COc1ccc2c(c1)N(C1CCN(Cc3ccccc3)CC1)C(=O)C2=O.COc1cccc(NC2CCN(Cc3ccccc3)CC2)c1. The van der Waals surface area contributed by atoms with Crippen LogP contribution in [0.4, 0.5) is 11.4 Å². The summed E-state index contributed by atoms with van der Waals surface area (Å²) in [6.45, 7) is 6.11. The molecule has 8 nitrogen and oxygen atoms in total. The van der Waals surface area contributed by atoms with Crippen molar-refractivity contribution in [2.45, 2.75) is 50.9 Å². The molecule has 0 radical (unpaired) electrons. The summed E-state index contributed by atoms with van der Waals surface area (Å²) >= 11 is 0. The molecular weight excluding hydrogens is 600 g/mol. The van der Waals surface area contributed by atoms with E-state index in [1.165, 1.54) is 24.0 Å². The number of piperidine rings is 2. The lowest BCUT2D eigenvalue weighted by molar-refractivity contribution is -0.114. The van der Waals surface area contributed by atoms with E-state index in [4.69, 9.17) is 9.47 Å². The molecule has 4 aromatic carbocycles. The van der Waals surface area contributed by atoms with Crippen LogP contribution in [0, 0.1) is 0 Å². The summed E-state index contributed by atoms with van der Waals surface area (Å²) < 4.78 is 10.6. The molecule has 0 bridgehead atoms. The number of hydrogen-bond donors (Lipinski definition) is 1. The average Bonchev–Trinajstić information content (AvgIpc) is 3.39. The summed E-state index contributed by atoms with van der Waals surface area (Å²) in [5.74, 6) is 0.758. The molecule has 0 saturated carbocycles. The smallest absolute Gasteiger partial charge is 0.299 e. The number of rotatable bonds is 9. The second-order valence-electron chi connectivity index (χ2n) is 12.8. The van der Waals surface area contributed by atoms with Crippen LogP contribution in [0.15, 0.2) is 103 Å². The Morgan fingerprint density at radius 2 is 1.21 bits per heavy atom. The molecule has 0 aromatic heterocycles. The number of amides is 1. The van der Waals surface area contributed by atoms with Gasteiger partial charge in [-0.1, -0.05) is 66.7 Å². The van der Waals surface area contributed by atoms with Crippen LogP contribution < -0.4 is 19.7 Å². The average molecular weight is 647 g/mol. The molecule has 0 aliphatic carbocycles. The zero-order chi connectivity index (χ0) is 33.3. The van der Waals surface area contributed by atoms with Crippen molar-refractivity contribution in [1.29, 1.82) is 0 Å². The Morgan fingerprint density at radius 1 is 0.646 bits per heavy atom. The van der Waals surface area contributed by atoms with Crippen LogP contribution in [0.25, 0.3) is 0 Å². The quantitative estimate of drug-likeness (QED) is 0.204. The summed E-state index contributed by atoms with van der Waals surface area (Å²) in [5, 5.41) is 3.63. The van der Waals surface area contributed by atoms with Crippen LogP contribution in [-0.4, -0.2) is 74.0 Å². The highest BCUT2D eigenvalue weighted by molar-refractivity contribution is 6.52. The molecule has 3 aliphatic rings. The highest BCUT2D eigenvalue weighted by Crippen LogP contribution is 2.36. The van der Waals surface area contributed by atoms with Gasteiger partial charge in [0.15, 0.2) is 0 Å². The van der Waals surface area contributed by atoms with Crippen LogP contribution in [-0.2, 0) is 17.9 Å². The van der Waals surface area contributed by atoms with E-state index >= 15 is 0 Å². The minimum atomic E-state index is -0.408. The van der Waals surface area contributed by atoms with E-state index < -0.39 is 11.7 Å². The highest BCUT2D eigenvalue weighted by Gasteiger charge is 2.41. The number of carbonyl (C=O) groups excluding carboxylic acids is 2. The van der Waals surface area contributed by atoms with Crippen LogP contribution in [0.1, 0.15) is 47.2 Å². The van der Waals surface area contributed by atoms with Crippen molar-refractivity contribution in [3.63, 3.8) is 0 Å². The maximum Gasteiger partial charge on any atom is 0.299 e. The van der Waals surface area contributed by atoms with Gasteiger partial charge in [0.05, 0.1) is 25.5 Å². The third kappa shape index (κ3) is 8.24. The maximum absolute atomic E-state index is 12.6. The lowest BCUT2D eigenvalue weighted by Gasteiger charge is -2.36. The van der Waals surface area contributed by atoms with Crippen LogP contribution in [0.3, 0.4) is 0 Å². The summed E-state index contributed by atoms with van der Waals surface area (Å²) in [5.41, 5.74) is 5.04. The van der Waals surface area contributed by atoms with Gasteiger partial charge < -0.3 is 19.7 Å². The zero-order valence-corrected chi connectivity index (χ0v) is 28.0. The number of likely N-dealkylation sites (tertiary alicyclic amines) is 2. The van der Waals surface area contributed by atoms with Gasteiger partial charge in [-0.3, -0.25) is 19.4 Å². The number of ether oxygens (including phenoxy) is 2. The monoisotopic (exact) mass is 646 g/mol. The van der Waals surface area contributed by atoms with Gasteiger partial charge in [-0.2, -0.15) is 0 Å². The molecule has 1 N–H and O–H groups in total. The van der Waals surface area contributed by atoms with Crippen molar-refractivity contribution in [3.05, 3.63) is 120 Å². The number of nitrogens with zero attached hydrogens (tertiary/aromatic N) is 3. The van der Waals surface area contributed by atoms with Gasteiger partial charge in [-0.25, -0.2) is 0 Å². The van der Waals surface area contributed by atoms with E-state index in [-0.39, 0.29) is 6.04 Å². The van der Waals surface area contributed by atoms with Gasteiger partial charge in [0.2, 0.25) is 0 Å². The van der Waals surface area contributed by atoms with E-state index in [9.17, 15) is 9.59 Å². The third-order valence-electron chi connectivity index (χ3n) is 9.57. The van der Waals surface area contributed by atoms with Crippen molar-refractivity contribution < 1.29 is 19.1 Å². The molecule has 0 unspecified atom stereocenters. The summed E-state index contributed by atoms with van der Waals surface area (Å²) in [6, 6.07) is 35.2. The Morgan fingerprint density at radius 3 is 1.79 bits per heavy atom. The van der Waals surface area contributed by atoms with Gasteiger partial charge in [0, 0.05) is 69.2 Å². The molecule has 0 spiro atoms. The largest absolute Gasteiger partial charge is 0.497 e. The normalized spacial score (nSPS) is 17.4. The molecule has 0 atom stereocenters. The predicted octanol–water partition coefficient (Wildman–Crippen LogP) is 6.66. The summed E-state index contributed by atoms with van der Waals surface area (Å²) in [6.07, 6.45) is 4.10. The first-order chi connectivity index (χ1) is 23.5. The minimum Gasteiger partial charge on any atom is -0.497 e. The number of anilines is 2. The van der Waals surface area contributed by atoms with Gasteiger partial charge in [-0.05, 0) is 61.1 Å². The summed E-state index contributed by atoms with van der Waals surface area (Å²) in [4.78, 5) is 31.5. The Labute approximate surface area is 284 Å². The number of Topliss-reactive ketones (excluding diaryl/α,β-unsaturated/α-hetero) is 1. The first kappa shape index (κ1) is 33.2. The van der Waals surface area contributed by atoms with E-state index in [1.807, 2.05) is 18.2 Å². The van der Waals surface area contributed by atoms with Gasteiger partial charge in [0.25, 0.3) is 11.7 Å². The van der Waals surface area contributed by atoms with Crippen molar-refractivity contribution in [3.8, 4) is 11.5 Å². The molecule has 1 amide bonds. The van der Waals surface area contributed by atoms with E-state index in [0.717, 1.165) is 63.5 Å². The van der Waals surface area contributed by atoms with E-state index in [0.29, 0.717) is 23.0 Å². The first-order valence-electron chi connectivity index (χ1n) is 17.0. The molecule has 250 valence electrons. The topological polar surface area (TPSA) is 74.3 Å². The predicted molar refractivity (Wildman–Crippen MR) is 191 cm³/mol. The maximum atomic E-state index is 12.6. The number of ketones is 1. The standard InChI is InChI=1S/C21H22N2O3.C19H24N2O/c1-26-17-7-8-18-19(13-17)23(21(25)20(18)24)16-9-11-22(12-10-16)14-15-5-3-2-4-6-15;1-22-19-9-5-8-18(14-19)20-17-10-12-21(13-11-17)15-16-6-3-2-4-7-16/h2-8,13,16H,9-12,14H2,1H3;2-9,14,17,20H,10-13,15H2,1H3. The van der Waals surface area contributed by atoms with Gasteiger partial charge >= 0.3 is 0 Å². The van der Waals surface area contributed by atoms with Crippen molar-refractivity contribution in [1.82, 2.24) is 9.80 Å². The lowest BCUT2D eigenvalue weighted by Crippen LogP contribution is -2.46. The summed E-state index contributed by atoms with van der Waals surface area (Å²) in [7, 11) is 3.30. The molecular formula is C40H46N4O4. The third-order valence-corrected chi connectivity index (χ3v) is 9.57. The number of carbonyl (C=O) groups is 2. The Kier molecular flexibility index (Phi) is 11.1. The van der Waals surface area contributed by atoms with E-state index in [1.54, 1.807) is 37.3 Å². The van der Waals surface area contributed by atoms with Gasteiger partial charge in [-0.15, -0.1) is 0 Å². The number of nitrogens with one attached hydrogen (secondary N) is 1. The Bertz CT molecular complexity index is 1650. The van der Waals surface area contributed by atoms with E-state index in [2.05, 4.69) is 81.8 Å². The van der Waals surface area contributed by atoms with Crippen molar-refractivity contribution in [2.24, 2.45) is 0 Å². The minimum absolute atomic E-state index is 0.0619. The highest BCUT2D eigenvalue weighted by atomic mass is 16.5. The lowest BCUT2D eigenvalue weighted by atomic mass is 10.0.